The van der Waals surface area contributed by atoms with Crippen LogP contribution in [-0.4, -0.2) is 9.97 Å². The fourth-order valence-electron chi connectivity index (χ4n) is 3.49. The summed E-state index contributed by atoms with van der Waals surface area (Å²) in [5.41, 5.74) is 3.16. The Labute approximate surface area is 182 Å². The van der Waals surface area contributed by atoms with Crippen LogP contribution < -0.4 is 0 Å². The Balaban J connectivity index is 2.05. The maximum atomic E-state index is 9.53. The lowest BCUT2D eigenvalue weighted by molar-refractivity contribution is 1.12. The van der Waals surface area contributed by atoms with Gasteiger partial charge in [-0.25, -0.2) is 29.8 Å². The van der Waals surface area contributed by atoms with Crippen LogP contribution in [0, 0.1) is 53.7 Å². The van der Waals surface area contributed by atoms with Crippen LogP contribution in [-0.2, 0) is 0 Å². The number of aromatic nitrogens is 2. The minimum atomic E-state index is -0.221. The van der Waals surface area contributed by atoms with Crippen molar-refractivity contribution >= 4 is 16.9 Å². The Bertz CT molecular complexity index is 1590. The molecule has 1 aliphatic carbocycles. The van der Waals surface area contributed by atoms with Gasteiger partial charge in [-0.1, -0.05) is 30.3 Å². The molecule has 4 rings (SSSR count). The number of hydrogen-bond donors (Lipinski definition) is 0. The summed E-state index contributed by atoms with van der Waals surface area (Å²) in [5, 5.41) is 28.2. The van der Waals surface area contributed by atoms with E-state index in [-0.39, 0.29) is 28.4 Å². The fourth-order valence-corrected chi connectivity index (χ4v) is 3.49. The zero-order valence-corrected chi connectivity index (χ0v) is 16.0. The molecule has 1 aromatic heterocycles. The van der Waals surface area contributed by atoms with Gasteiger partial charge in [-0.3, -0.25) is 0 Å². The number of fused-ring (bicyclic) bond motifs is 3. The molecule has 0 N–H and O–H groups in total. The van der Waals surface area contributed by atoms with Crippen molar-refractivity contribution in [1.82, 2.24) is 9.97 Å². The first-order chi connectivity index (χ1) is 15.6. The lowest BCUT2D eigenvalue weighted by Gasteiger charge is -2.08. The molecule has 0 bridgehead atoms. The minimum Gasteiger partial charge on any atom is -0.239 e. The predicted molar refractivity (Wildman–Crippen MR) is 113 cm³/mol. The summed E-state index contributed by atoms with van der Waals surface area (Å²) in [6.07, 6.45) is 0. The van der Waals surface area contributed by atoms with Gasteiger partial charge in [0.15, 0.2) is 22.8 Å². The molecule has 2 aromatic carbocycles. The van der Waals surface area contributed by atoms with Crippen molar-refractivity contribution in [3.63, 3.8) is 0 Å². The molecule has 1 aliphatic rings. The van der Waals surface area contributed by atoms with Gasteiger partial charge in [0.2, 0.25) is 0 Å². The van der Waals surface area contributed by atoms with Gasteiger partial charge in [0.05, 0.1) is 37.2 Å². The van der Waals surface area contributed by atoms with Crippen molar-refractivity contribution < 1.29 is 0 Å². The average Bonchev–Trinajstić information content (AvgIpc) is 3.16. The number of hydrogen-bond acceptors (Lipinski definition) is 5. The molecule has 0 atom stereocenters. The van der Waals surface area contributed by atoms with E-state index in [9.17, 15) is 15.8 Å². The van der Waals surface area contributed by atoms with E-state index in [0.29, 0.717) is 39.3 Å². The molecule has 0 saturated heterocycles. The van der Waals surface area contributed by atoms with Gasteiger partial charge in [0.25, 0.3) is 5.70 Å². The molecule has 1 heterocycles. The first-order valence-corrected chi connectivity index (χ1v) is 8.88. The molecule has 0 aliphatic heterocycles. The summed E-state index contributed by atoms with van der Waals surface area (Å²) in [4.78, 5) is 18.6. The molecule has 0 fully saturated rings. The Morgan fingerprint density at radius 3 is 1.91 bits per heavy atom. The van der Waals surface area contributed by atoms with Crippen LogP contribution in [0.3, 0.4) is 0 Å². The van der Waals surface area contributed by atoms with E-state index in [1.807, 2.05) is 18.2 Å². The molecule has 0 unspecified atom stereocenters. The second-order valence-corrected chi connectivity index (χ2v) is 6.51. The van der Waals surface area contributed by atoms with Gasteiger partial charge < -0.3 is 0 Å². The van der Waals surface area contributed by atoms with E-state index in [1.54, 1.807) is 30.3 Å². The molecule has 0 saturated carbocycles. The summed E-state index contributed by atoms with van der Waals surface area (Å²) in [6.45, 7) is 22.0. The van der Waals surface area contributed by atoms with E-state index in [2.05, 4.69) is 24.5 Å². The number of benzene rings is 2. The third kappa shape index (κ3) is 2.88. The lowest BCUT2D eigenvalue weighted by Crippen LogP contribution is -2.00. The Kier molecular flexibility index (Phi) is 4.61. The van der Waals surface area contributed by atoms with Crippen LogP contribution in [0.5, 0.6) is 0 Å². The SMILES string of the molecule is [C-]#[N+]/C(C#N)=C1\c2cc(-c3cc([N+]#[C-])cc([N+]#[C-])c3)ccc2-c2nc(C#N)c(C#N)nc21. The highest BCUT2D eigenvalue weighted by Gasteiger charge is 2.31. The van der Waals surface area contributed by atoms with Gasteiger partial charge in [-0.05, 0) is 22.8 Å². The first kappa shape index (κ1) is 19.5. The highest BCUT2D eigenvalue weighted by Crippen LogP contribution is 2.46. The maximum Gasteiger partial charge on any atom is 0.271 e. The predicted octanol–water partition coefficient (Wildman–Crippen LogP) is 5.17. The van der Waals surface area contributed by atoms with Gasteiger partial charge in [0.1, 0.15) is 12.1 Å². The summed E-state index contributed by atoms with van der Waals surface area (Å²) >= 11 is 0. The highest BCUT2D eigenvalue weighted by atomic mass is 14.9. The standard InChI is InChI=1S/C24H6N8/c1-28-15-6-14(7-16(9-15)29-2)13-4-5-17-18(8-13)22(21(12-27)30-3)24-23(17)31-19(10-25)20(11-26)32-24/h4-9H/b22-21+. The molecule has 142 valence electrons. The Morgan fingerprint density at radius 1 is 0.750 bits per heavy atom. The number of nitriles is 3. The van der Waals surface area contributed by atoms with Gasteiger partial charge >= 0.3 is 0 Å². The zero-order valence-electron chi connectivity index (χ0n) is 16.0. The van der Waals surface area contributed by atoms with Crippen LogP contribution in [0.15, 0.2) is 42.1 Å². The second-order valence-electron chi connectivity index (χ2n) is 6.51. The number of nitrogens with zero attached hydrogens (tertiary/aromatic N) is 8. The van der Waals surface area contributed by atoms with Crippen molar-refractivity contribution in [3.05, 3.63) is 99.0 Å². The van der Waals surface area contributed by atoms with Crippen LogP contribution in [0.1, 0.15) is 22.6 Å². The van der Waals surface area contributed by atoms with Crippen molar-refractivity contribution in [2.75, 3.05) is 0 Å². The third-order valence-corrected chi connectivity index (χ3v) is 4.84. The summed E-state index contributed by atoms with van der Waals surface area (Å²) in [5.74, 6) is 0. The van der Waals surface area contributed by atoms with Crippen molar-refractivity contribution in [2.24, 2.45) is 0 Å². The average molecular weight is 406 g/mol. The van der Waals surface area contributed by atoms with E-state index < -0.39 is 0 Å². The van der Waals surface area contributed by atoms with E-state index in [1.165, 1.54) is 6.07 Å². The number of rotatable bonds is 1. The van der Waals surface area contributed by atoms with Gasteiger partial charge in [-0.15, -0.1) is 0 Å². The highest BCUT2D eigenvalue weighted by molar-refractivity contribution is 6.02. The summed E-state index contributed by atoms with van der Waals surface area (Å²) < 4.78 is 0. The molecule has 8 heteroatoms. The first-order valence-electron chi connectivity index (χ1n) is 8.88. The molecule has 3 aromatic rings. The largest absolute Gasteiger partial charge is 0.271 e. The van der Waals surface area contributed by atoms with Crippen LogP contribution >= 0.6 is 0 Å². The van der Waals surface area contributed by atoms with Gasteiger partial charge in [-0.2, -0.15) is 10.5 Å². The normalized spacial score (nSPS) is 11.9. The monoisotopic (exact) mass is 406 g/mol. The zero-order chi connectivity index (χ0) is 22.8. The van der Waals surface area contributed by atoms with Crippen molar-refractivity contribution in [1.29, 1.82) is 15.8 Å². The molecular formula is C24H6N8. The van der Waals surface area contributed by atoms with Crippen LogP contribution in [0.4, 0.5) is 11.4 Å². The second kappa shape index (κ2) is 7.55. The quantitative estimate of drug-likeness (QED) is 0.320. The molecule has 0 spiro atoms. The topological polar surface area (TPSA) is 110 Å². The molecule has 0 radical (unpaired) electrons. The number of allylic oxidation sites excluding steroid dienone is 1. The lowest BCUT2D eigenvalue weighted by atomic mass is 9.97. The van der Waals surface area contributed by atoms with Crippen molar-refractivity contribution in [3.8, 4) is 40.6 Å². The van der Waals surface area contributed by atoms with E-state index in [0.717, 1.165) is 0 Å². The molecule has 32 heavy (non-hydrogen) atoms. The molecular weight excluding hydrogens is 400 g/mol. The minimum absolute atomic E-state index is 0.143. The third-order valence-electron chi connectivity index (χ3n) is 4.84. The maximum absolute atomic E-state index is 9.53. The van der Waals surface area contributed by atoms with E-state index in [4.69, 9.17) is 19.7 Å². The Hall–Kier alpha value is -5.80. The summed E-state index contributed by atoms with van der Waals surface area (Å²) in [7, 11) is 0. The van der Waals surface area contributed by atoms with Crippen LogP contribution in [0.25, 0.3) is 42.5 Å². The molecule has 0 amide bonds. The van der Waals surface area contributed by atoms with Crippen LogP contribution in [0.2, 0.25) is 0 Å². The molecule has 8 nitrogen and oxygen atoms in total. The summed E-state index contributed by atoms with van der Waals surface area (Å²) in [6, 6.07) is 15.5. The fraction of sp³-hybridized carbons (Fsp3) is 0. The van der Waals surface area contributed by atoms with Crippen molar-refractivity contribution in [2.45, 2.75) is 0 Å². The smallest absolute Gasteiger partial charge is 0.239 e. The van der Waals surface area contributed by atoms with Gasteiger partial charge in [0, 0.05) is 11.1 Å². The Morgan fingerprint density at radius 2 is 1.38 bits per heavy atom. The van der Waals surface area contributed by atoms with E-state index >= 15 is 0 Å².